The number of aromatic nitrogens is 1. The van der Waals surface area contributed by atoms with Crippen LogP contribution in [0.3, 0.4) is 0 Å². The molecule has 0 amide bonds. The minimum atomic E-state index is 0.266. The van der Waals surface area contributed by atoms with Gasteiger partial charge >= 0.3 is 0 Å². The molecule has 1 heterocycles. The number of anilines is 1. The van der Waals surface area contributed by atoms with Crippen LogP contribution in [0.25, 0.3) is 0 Å². The van der Waals surface area contributed by atoms with Crippen molar-refractivity contribution in [3.63, 3.8) is 0 Å². The monoisotopic (exact) mass is 266 g/mol. The Kier molecular flexibility index (Phi) is 3.69. The van der Waals surface area contributed by atoms with E-state index in [2.05, 4.69) is 24.1 Å². The Bertz CT molecular complexity index is 522. The van der Waals surface area contributed by atoms with Gasteiger partial charge in [-0.3, -0.25) is 0 Å². The highest BCUT2D eigenvalue weighted by molar-refractivity contribution is 7.09. The predicted octanol–water partition coefficient (Wildman–Crippen LogP) is 4.59. The summed E-state index contributed by atoms with van der Waals surface area (Å²) in [5, 5.41) is 4.27. The number of nitrogens with one attached hydrogen (secondary N) is 1. The molecule has 1 aromatic heterocycles. The van der Waals surface area contributed by atoms with E-state index in [0.717, 1.165) is 22.0 Å². The summed E-state index contributed by atoms with van der Waals surface area (Å²) in [5.74, 6) is 0. The molecule has 1 N–H and O–H groups in total. The Morgan fingerprint density at radius 3 is 2.71 bits per heavy atom. The van der Waals surface area contributed by atoms with Gasteiger partial charge in [0.05, 0.1) is 17.2 Å². The van der Waals surface area contributed by atoms with Crippen LogP contribution in [-0.4, -0.2) is 4.98 Å². The molecule has 1 atom stereocenters. The molecule has 0 fully saturated rings. The maximum atomic E-state index is 5.94. The van der Waals surface area contributed by atoms with Crippen molar-refractivity contribution >= 4 is 28.6 Å². The average molecular weight is 267 g/mol. The van der Waals surface area contributed by atoms with E-state index in [9.17, 15) is 0 Å². The van der Waals surface area contributed by atoms with Crippen LogP contribution in [0.4, 0.5) is 5.69 Å². The molecular weight excluding hydrogens is 252 g/mol. The van der Waals surface area contributed by atoms with E-state index in [1.807, 2.05) is 30.6 Å². The summed E-state index contributed by atoms with van der Waals surface area (Å²) in [4.78, 5) is 5.55. The maximum absolute atomic E-state index is 5.94. The van der Waals surface area contributed by atoms with Crippen LogP contribution in [0.15, 0.2) is 23.7 Å². The van der Waals surface area contributed by atoms with Crippen molar-refractivity contribution in [1.82, 2.24) is 4.98 Å². The second kappa shape index (κ2) is 5.07. The number of aryl methyl sites for hydroxylation is 2. The molecule has 0 radical (unpaired) electrons. The number of nitrogens with zero attached hydrogens (tertiary/aromatic N) is 1. The van der Waals surface area contributed by atoms with Crippen LogP contribution in [-0.2, 0) is 0 Å². The molecule has 0 aliphatic rings. The van der Waals surface area contributed by atoms with Crippen molar-refractivity contribution in [3.8, 4) is 0 Å². The van der Waals surface area contributed by atoms with Gasteiger partial charge in [0, 0.05) is 15.6 Å². The minimum Gasteiger partial charge on any atom is -0.377 e. The van der Waals surface area contributed by atoms with Crippen LogP contribution in [0, 0.1) is 13.8 Å². The van der Waals surface area contributed by atoms with Gasteiger partial charge in [0.15, 0.2) is 0 Å². The summed E-state index contributed by atoms with van der Waals surface area (Å²) in [5.41, 5.74) is 5.26. The lowest BCUT2D eigenvalue weighted by molar-refractivity contribution is 0.888. The van der Waals surface area contributed by atoms with Gasteiger partial charge in [-0.25, -0.2) is 4.98 Å². The first-order valence-electron chi connectivity index (χ1n) is 5.50. The number of hydrogen-bond donors (Lipinski definition) is 1. The number of hydrogen-bond acceptors (Lipinski definition) is 3. The third kappa shape index (κ3) is 2.79. The van der Waals surface area contributed by atoms with Gasteiger partial charge in [-0.1, -0.05) is 11.6 Å². The summed E-state index contributed by atoms with van der Waals surface area (Å²) in [6, 6.07) is 6.16. The average Bonchev–Trinajstić information content (AvgIpc) is 2.68. The van der Waals surface area contributed by atoms with E-state index in [4.69, 9.17) is 11.6 Å². The molecule has 2 nitrogen and oxygen atoms in total. The van der Waals surface area contributed by atoms with Gasteiger partial charge < -0.3 is 5.32 Å². The Morgan fingerprint density at radius 1 is 1.35 bits per heavy atom. The van der Waals surface area contributed by atoms with Crippen molar-refractivity contribution in [3.05, 3.63) is 44.9 Å². The summed E-state index contributed by atoms with van der Waals surface area (Å²) >= 11 is 7.63. The third-order valence-electron chi connectivity index (χ3n) is 2.74. The fourth-order valence-electron chi connectivity index (χ4n) is 1.81. The largest absolute Gasteiger partial charge is 0.377 e. The summed E-state index contributed by atoms with van der Waals surface area (Å²) < 4.78 is 0. The number of rotatable bonds is 3. The highest BCUT2D eigenvalue weighted by Crippen LogP contribution is 2.27. The summed E-state index contributed by atoms with van der Waals surface area (Å²) in [6.45, 7) is 6.24. The summed E-state index contributed by atoms with van der Waals surface area (Å²) in [7, 11) is 0. The van der Waals surface area contributed by atoms with Crippen LogP contribution >= 0.6 is 22.9 Å². The number of benzene rings is 1. The van der Waals surface area contributed by atoms with Crippen LogP contribution in [0.1, 0.15) is 29.1 Å². The highest BCUT2D eigenvalue weighted by Gasteiger charge is 2.11. The van der Waals surface area contributed by atoms with E-state index in [-0.39, 0.29) is 6.04 Å². The predicted molar refractivity (Wildman–Crippen MR) is 75.1 cm³/mol. The topological polar surface area (TPSA) is 24.9 Å². The highest BCUT2D eigenvalue weighted by atomic mass is 35.5. The normalized spacial score (nSPS) is 12.5. The van der Waals surface area contributed by atoms with Crippen LogP contribution in [0.2, 0.25) is 5.02 Å². The van der Waals surface area contributed by atoms with Gasteiger partial charge in [0.25, 0.3) is 0 Å². The first-order chi connectivity index (χ1) is 8.08. The zero-order valence-corrected chi connectivity index (χ0v) is 11.7. The Morgan fingerprint density at radius 2 is 2.12 bits per heavy atom. The molecule has 1 unspecified atom stereocenters. The zero-order valence-electron chi connectivity index (χ0n) is 10.1. The van der Waals surface area contributed by atoms with E-state index >= 15 is 0 Å². The molecule has 90 valence electrons. The van der Waals surface area contributed by atoms with Crippen molar-refractivity contribution < 1.29 is 0 Å². The van der Waals surface area contributed by atoms with Gasteiger partial charge in [-0.05, 0) is 44.5 Å². The van der Waals surface area contributed by atoms with Gasteiger partial charge in [0.2, 0.25) is 0 Å². The molecule has 0 saturated carbocycles. The van der Waals surface area contributed by atoms with E-state index in [1.54, 1.807) is 11.3 Å². The number of halogens is 1. The molecule has 2 aromatic rings. The van der Waals surface area contributed by atoms with Crippen molar-refractivity contribution in [2.75, 3.05) is 5.32 Å². The molecule has 4 heteroatoms. The lowest BCUT2D eigenvalue weighted by Crippen LogP contribution is -2.07. The molecule has 1 aromatic carbocycles. The van der Waals surface area contributed by atoms with Gasteiger partial charge in [-0.15, -0.1) is 11.3 Å². The van der Waals surface area contributed by atoms with E-state index in [0.29, 0.717) is 0 Å². The second-order valence-electron chi connectivity index (χ2n) is 4.13. The first kappa shape index (κ1) is 12.4. The van der Waals surface area contributed by atoms with Crippen molar-refractivity contribution in [2.45, 2.75) is 26.8 Å². The standard InChI is InChI=1S/C13H15ClN2S/c1-8-6-11(14)4-5-12(8)16-10(3)13-9(2)15-7-17-13/h4-7,10,16H,1-3H3. The lowest BCUT2D eigenvalue weighted by atomic mass is 10.1. The molecule has 0 spiro atoms. The Hall–Kier alpha value is -1.06. The molecule has 0 saturated heterocycles. The quantitative estimate of drug-likeness (QED) is 0.879. The fraction of sp³-hybridized carbons (Fsp3) is 0.308. The molecule has 2 rings (SSSR count). The Balaban J connectivity index is 2.19. The lowest BCUT2D eigenvalue weighted by Gasteiger charge is -2.16. The van der Waals surface area contributed by atoms with Gasteiger partial charge in [-0.2, -0.15) is 0 Å². The molecule has 0 aliphatic carbocycles. The van der Waals surface area contributed by atoms with Crippen LogP contribution < -0.4 is 5.32 Å². The van der Waals surface area contributed by atoms with E-state index in [1.165, 1.54) is 4.88 Å². The maximum Gasteiger partial charge on any atom is 0.0798 e. The SMILES string of the molecule is Cc1cc(Cl)ccc1NC(C)c1scnc1C. The third-order valence-corrected chi connectivity index (χ3v) is 4.09. The van der Waals surface area contributed by atoms with Gasteiger partial charge in [0.1, 0.15) is 0 Å². The first-order valence-corrected chi connectivity index (χ1v) is 6.76. The number of thiazole rings is 1. The molecular formula is C13H15ClN2S. The molecule has 17 heavy (non-hydrogen) atoms. The van der Waals surface area contributed by atoms with E-state index < -0.39 is 0 Å². The second-order valence-corrected chi connectivity index (χ2v) is 5.45. The molecule has 0 aliphatic heterocycles. The van der Waals surface area contributed by atoms with Crippen molar-refractivity contribution in [2.24, 2.45) is 0 Å². The smallest absolute Gasteiger partial charge is 0.0798 e. The van der Waals surface area contributed by atoms with Crippen LogP contribution in [0.5, 0.6) is 0 Å². The minimum absolute atomic E-state index is 0.266. The zero-order chi connectivity index (χ0) is 12.4. The molecule has 0 bridgehead atoms. The fourth-order valence-corrected chi connectivity index (χ4v) is 2.85. The Labute approximate surface area is 111 Å². The summed E-state index contributed by atoms with van der Waals surface area (Å²) in [6.07, 6.45) is 0. The van der Waals surface area contributed by atoms with Crippen molar-refractivity contribution in [1.29, 1.82) is 0 Å².